The first kappa shape index (κ1) is 29.5. The maximum Gasteiger partial charge on any atom is 0.244 e. The van der Waals surface area contributed by atoms with Gasteiger partial charge < -0.3 is 19.7 Å². The van der Waals surface area contributed by atoms with Gasteiger partial charge in [-0.05, 0) is 43.2 Å². The van der Waals surface area contributed by atoms with Crippen molar-refractivity contribution in [2.24, 2.45) is 0 Å². The van der Waals surface area contributed by atoms with Crippen LogP contribution in [0.15, 0.2) is 36.4 Å². The number of amides is 2. The highest BCUT2D eigenvalue weighted by Crippen LogP contribution is 2.32. The number of anilines is 1. The second kappa shape index (κ2) is 13.0. The van der Waals surface area contributed by atoms with Crippen LogP contribution in [0.1, 0.15) is 25.8 Å². The predicted octanol–water partition coefficient (Wildman–Crippen LogP) is 3.72. The van der Waals surface area contributed by atoms with E-state index in [4.69, 9.17) is 32.7 Å². The van der Waals surface area contributed by atoms with Crippen LogP contribution in [0.3, 0.4) is 0 Å². The van der Waals surface area contributed by atoms with Crippen LogP contribution in [0.5, 0.6) is 11.5 Å². The maximum atomic E-state index is 13.6. The number of halogens is 2. The normalized spacial score (nSPS) is 12.0. The molecule has 0 aromatic heterocycles. The van der Waals surface area contributed by atoms with Gasteiger partial charge in [-0.15, -0.1) is 0 Å². The number of carbonyl (C=O) groups excluding carboxylic acids is 2. The van der Waals surface area contributed by atoms with E-state index < -0.39 is 28.5 Å². The third-order valence-corrected chi connectivity index (χ3v) is 7.29. The lowest BCUT2D eigenvalue weighted by Gasteiger charge is -2.33. The van der Waals surface area contributed by atoms with Crippen molar-refractivity contribution >= 4 is 50.7 Å². The van der Waals surface area contributed by atoms with Gasteiger partial charge in [0.1, 0.15) is 12.6 Å². The fourth-order valence-electron chi connectivity index (χ4n) is 3.64. The molecule has 0 aliphatic rings. The molecule has 36 heavy (non-hydrogen) atoms. The van der Waals surface area contributed by atoms with Crippen molar-refractivity contribution in [3.8, 4) is 11.5 Å². The largest absolute Gasteiger partial charge is 0.493 e. The highest BCUT2D eigenvalue weighted by atomic mass is 35.5. The molecule has 2 aromatic carbocycles. The highest BCUT2D eigenvalue weighted by molar-refractivity contribution is 7.92. The number of nitrogens with zero attached hydrogens (tertiary/aromatic N) is 2. The van der Waals surface area contributed by atoms with Gasteiger partial charge in [0, 0.05) is 19.2 Å². The number of benzene rings is 2. The van der Waals surface area contributed by atoms with Crippen LogP contribution in [-0.4, -0.2) is 64.7 Å². The third kappa shape index (κ3) is 7.41. The van der Waals surface area contributed by atoms with E-state index in [0.717, 1.165) is 10.6 Å². The van der Waals surface area contributed by atoms with Crippen LogP contribution in [0.2, 0.25) is 10.0 Å². The summed E-state index contributed by atoms with van der Waals surface area (Å²) < 4.78 is 36.9. The molecule has 1 N–H and O–H groups in total. The van der Waals surface area contributed by atoms with E-state index in [1.54, 1.807) is 38.1 Å². The lowest BCUT2D eigenvalue weighted by Crippen LogP contribution is -2.52. The second-order valence-electron chi connectivity index (χ2n) is 7.90. The molecule has 2 amide bonds. The molecule has 1 unspecified atom stereocenters. The van der Waals surface area contributed by atoms with E-state index in [-0.39, 0.29) is 18.1 Å². The van der Waals surface area contributed by atoms with Crippen LogP contribution in [0.25, 0.3) is 0 Å². The lowest BCUT2D eigenvalue weighted by molar-refractivity contribution is -0.140. The molecule has 0 fully saturated rings. The number of hydrogen-bond donors (Lipinski definition) is 1. The highest BCUT2D eigenvalue weighted by Gasteiger charge is 2.32. The third-order valence-electron chi connectivity index (χ3n) is 5.41. The molecule has 0 saturated heterocycles. The van der Waals surface area contributed by atoms with Gasteiger partial charge >= 0.3 is 0 Å². The van der Waals surface area contributed by atoms with Gasteiger partial charge in [-0.1, -0.05) is 36.2 Å². The summed E-state index contributed by atoms with van der Waals surface area (Å²) in [6.45, 7) is 3.42. The number of rotatable bonds is 12. The summed E-state index contributed by atoms with van der Waals surface area (Å²) >= 11 is 12.2. The van der Waals surface area contributed by atoms with Gasteiger partial charge in [-0.3, -0.25) is 13.9 Å². The summed E-state index contributed by atoms with van der Waals surface area (Å²) in [6.07, 6.45) is 1.32. The Morgan fingerprint density at radius 1 is 1.00 bits per heavy atom. The summed E-state index contributed by atoms with van der Waals surface area (Å²) in [5, 5.41) is 3.39. The van der Waals surface area contributed by atoms with Crippen LogP contribution in [0.4, 0.5) is 5.69 Å². The Bertz CT molecular complexity index is 1190. The van der Waals surface area contributed by atoms with Crippen molar-refractivity contribution in [3.05, 3.63) is 52.0 Å². The fraction of sp³-hybridized carbons (Fsp3) is 0.417. The average molecular weight is 561 g/mol. The SMILES string of the molecule is CCNC(=O)C(CC)N(Cc1ccc(Cl)c(Cl)c1)C(=O)CN(c1ccc(OC)c(OC)c1)S(C)(=O)=O. The van der Waals surface area contributed by atoms with Crippen LogP contribution in [0, 0.1) is 0 Å². The Kier molecular flexibility index (Phi) is 10.7. The molecule has 0 spiro atoms. The molecule has 0 saturated carbocycles. The van der Waals surface area contributed by atoms with Gasteiger partial charge in [0.25, 0.3) is 0 Å². The number of nitrogens with one attached hydrogen (secondary N) is 1. The molecule has 0 bridgehead atoms. The fourth-order valence-corrected chi connectivity index (χ4v) is 4.80. The Hall–Kier alpha value is -2.69. The van der Waals surface area contributed by atoms with E-state index in [2.05, 4.69) is 5.32 Å². The van der Waals surface area contributed by atoms with Crippen molar-refractivity contribution in [3.63, 3.8) is 0 Å². The monoisotopic (exact) mass is 559 g/mol. The first-order valence-corrected chi connectivity index (χ1v) is 13.8. The van der Waals surface area contributed by atoms with Gasteiger partial charge in [0.15, 0.2) is 11.5 Å². The quantitative estimate of drug-likeness (QED) is 0.425. The molecule has 0 radical (unpaired) electrons. The van der Waals surface area contributed by atoms with Crippen molar-refractivity contribution in [2.45, 2.75) is 32.9 Å². The number of likely N-dealkylation sites (N-methyl/N-ethyl adjacent to an activating group) is 1. The van der Waals surface area contributed by atoms with Gasteiger partial charge in [0.2, 0.25) is 21.8 Å². The lowest BCUT2D eigenvalue weighted by atomic mass is 10.1. The first-order chi connectivity index (χ1) is 17.0. The van der Waals surface area contributed by atoms with Crippen LogP contribution < -0.4 is 19.1 Å². The molecule has 198 valence electrons. The zero-order chi connectivity index (χ0) is 27.0. The zero-order valence-electron chi connectivity index (χ0n) is 20.9. The summed E-state index contributed by atoms with van der Waals surface area (Å²) in [4.78, 5) is 27.8. The van der Waals surface area contributed by atoms with E-state index >= 15 is 0 Å². The van der Waals surface area contributed by atoms with E-state index in [0.29, 0.717) is 40.1 Å². The molecule has 12 heteroatoms. The maximum absolute atomic E-state index is 13.6. The van der Waals surface area contributed by atoms with Crippen molar-refractivity contribution in [1.29, 1.82) is 0 Å². The van der Waals surface area contributed by atoms with Gasteiger partial charge in [-0.25, -0.2) is 8.42 Å². The van der Waals surface area contributed by atoms with E-state index in [1.807, 2.05) is 0 Å². The van der Waals surface area contributed by atoms with Gasteiger partial charge in [0.05, 0.1) is 36.2 Å². The number of ether oxygens (including phenoxy) is 2. The molecule has 2 aromatic rings. The molecular formula is C24H31Cl2N3O6S. The minimum absolute atomic E-state index is 0.0227. The average Bonchev–Trinajstić information content (AvgIpc) is 2.83. The molecule has 9 nitrogen and oxygen atoms in total. The Morgan fingerprint density at radius 3 is 2.19 bits per heavy atom. The number of sulfonamides is 1. The Labute approximate surface area is 222 Å². The van der Waals surface area contributed by atoms with E-state index in [9.17, 15) is 18.0 Å². The van der Waals surface area contributed by atoms with Crippen molar-refractivity contribution in [1.82, 2.24) is 10.2 Å². The van der Waals surface area contributed by atoms with Crippen LogP contribution in [-0.2, 0) is 26.2 Å². The predicted molar refractivity (Wildman–Crippen MR) is 142 cm³/mol. The summed E-state index contributed by atoms with van der Waals surface area (Å²) in [5.74, 6) is -0.202. The summed E-state index contributed by atoms with van der Waals surface area (Å²) in [7, 11) is -1.00. The van der Waals surface area contributed by atoms with Gasteiger partial charge in [-0.2, -0.15) is 0 Å². The smallest absolute Gasteiger partial charge is 0.244 e. The Morgan fingerprint density at radius 2 is 1.67 bits per heavy atom. The minimum atomic E-state index is -3.89. The second-order valence-corrected chi connectivity index (χ2v) is 10.6. The molecule has 2 rings (SSSR count). The van der Waals surface area contributed by atoms with E-state index in [1.165, 1.54) is 31.3 Å². The molecule has 0 heterocycles. The molecule has 0 aliphatic carbocycles. The number of hydrogen-bond acceptors (Lipinski definition) is 6. The molecular weight excluding hydrogens is 529 g/mol. The topological polar surface area (TPSA) is 105 Å². The van der Waals surface area contributed by atoms with Crippen LogP contribution >= 0.6 is 23.2 Å². The number of methoxy groups -OCH3 is 2. The summed E-state index contributed by atoms with van der Waals surface area (Å²) in [5.41, 5.74) is 0.849. The minimum Gasteiger partial charge on any atom is -0.493 e. The van der Waals surface area contributed by atoms with Crippen molar-refractivity contribution < 1.29 is 27.5 Å². The standard InChI is InChI=1S/C24H31Cl2N3O6S/c1-6-20(24(31)27-7-2)28(14-16-8-10-18(25)19(26)12-16)23(30)15-29(36(5,32)33)17-9-11-21(34-3)22(13-17)35-4/h8-13,20H,6-7,14-15H2,1-5H3,(H,27,31). The Balaban J connectivity index is 2.50. The summed E-state index contributed by atoms with van der Waals surface area (Å²) in [6, 6.07) is 8.60. The molecule has 1 atom stereocenters. The zero-order valence-corrected chi connectivity index (χ0v) is 23.2. The number of carbonyl (C=O) groups is 2. The molecule has 0 aliphatic heterocycles. The van der Waals surface area contributed by atoms with Crippen molar-refractivity contribution in [2.75, 3.05) is 37.9 Å². The first-order valence-electron chi connectivity index (χ1n) is 11.2.